The molecule has 1 amide bonds. The number of aromatic nitrogens is 2. The number of rotatable bonds is 2. The largest absolute Gasteiger partial charge is 0.340 e. The van der Waals surface area contributed by atoms with Crippen molar-refractivity contribution >= 4 is 35.1 Å². The maximum Gasteiger partial charge on any atom is 0.242 e. The first-order chi connectivity index (χ1) is 8.70. The van der Waals surface area contributed by atoms with Crippen LogP contribution in [0.4, 0.5) is 0 Å². The number of hydrogen-bond acceptors (Lipinski definition) is 3. The van der Waals surface area contributed by atoms with Gasteiger partial charge in [-0.15, -0.1) is 0 Å². The van der Waals surface area contributed by atoms with Gasteiger partial charge in [0.15, 0.2) is 0 Å². The van der Waals surface area contributed by atoms with Crippen molar-refractivity contribution in [2.45, 2.75) is 0 Å². The molecule has 0 aliphatic heterocycles. The summed E-state index contributed by atoms with van der Waals surface area (Å²) in [4.78, 5) is 20.5. The van der Waals surface area contributed by atoms with Crippen molar-refractivity contribution in [2.75, 3.05) is 0 Å². The number of H-pyrrole nitrogens is 1. The van der Waals surface area contributed by atoms with Gasteiger partial charge in [0.1, 0.15) is 10.5 Å². The van der Waals surface area contributed by atoms with Gasteiger partial charge < -0.3 is 4.98 Å². The van der Waals surface area contributed by atoms with E-state index in [0.717, 1.165) is 17.0 Å². The molecule has 0 saturated carbocycles. The summed E-state index contributed by atoms with van der Waals surface area (Å²) in [5, 5.41) is 3.75. The number of carbonyl (C=O) groups is 1. The van der Waals surface area contributed by atoms with Crippen LogP contribution in [0, 0.1) is 4.64 Å². The molecule has 0 fully saturated rings. The van der Waals surface area contributed by atoms with Gasteiger partial charge in [-0.3, -0.25) is 4.79 Å². The summed E-state index contributed by atoms with van der Waals surface area (Å²) in [6, 6.07) is 7.46. The first-order valence-corrected chi connectivity index (χ1v) is 5.38. The molecule has 1 N–H and O–H groups in total. The number of fused-ring (bicyclic) bond motifs is 1. The van der Waals surface area contributed by atoms with Crippen molar-refractivity contribution in [3.05, 3.63) is 51.2 Å². The molecule has 18 heavy (non-hydrogen) atoms. The minimum atomic E-state index is -0.688. The third-order valence-electron chi connectivity index (χ3n) is 2.17. The van der Waals surface area contributed by atoms with Crippen LogP contribution in [0.15, 0.2) is 35.5 Å². The second kappa shape index (κ2) is 5.22. The summed E-state index contributed by atoms with van der Waals surface area (Å²) >= 11 is 5.14. The van der Waals surface area contributed by atoms with Crippen LogP contribution in [0.2, 0.25) is 0 Å². The van der Waals surface area contributed by atoms with E-state index in [0.29, 0.717) is 10.5 Å². The summed E-state index contributed by atoms with van der Waals surface area (Å²) in [5.41, 5.74) is 8.91. The summed E-state index contributed by atoms with van der Waals surface area (Å²) in [5.74, 6) is -0.257. The summed E-state index contributed by atoms with van der Waals surface area (Å²) in [6.45, 7) is 0. The van der Waals surface area contributed by atoms with E-state index in [2.05, 4.69) is 20.0 Å². The smallest absolute Gasteiger partial charge is 0.242 e. The molecule has 2 aromatic rings. The lowest BCUT2D eigenvalue weighted by Crippen LogP contribution is -1.91. The lowest BCUT2D eigenvalue weighted by atomic mass is 10.2. The predicted octanol–water partition coefficient (Wildman–Crippen LogP) is 3.14. The van der Waals surface area contributed by atoms with Crippen molar-refractivity contribution in [1.29, 1.82) is 0 Å². The van der Waals surface area contributed by atoms with Crippen LogP contribution in [0.25, 0.3) is 27.4 Å². The van der Waals surface area contributed by atoms with E-state index < -0.39 is 5.91 Å². The third kappa shape index (κ3) is 2.60. The second-order valence-corrected chi connectivity index (χ2v) is 3.72. The molecule has 0 aliphatic rings. The topological polar surface area (TPSA) is 94.5 Å². The monoisotopic (exact) mass is 257 g/mol. The molecule has 7 heteroatoms. The molecule has 0 unspecified atom stereocenters. The van der Waals surface area contributed by atoms with E-state index in [-0.39, 0.29) is 0 Å². The molecule has 2 rings (SSSR count). The first-order valence-electron chi connectivity index (χ1n) is 4.97. The van der Waals surface area contributed by atoms with Crippen LogP contribution in [0.3, 0.4) is 0 Å². The Balaban J connectivity index is 2.44. The molecule has 0 radical (unpaired) electrons. The minimum Gasteiger partial charge on any atom is -0.340 e. The first kappa shape index (κ1) is 12.0. The van der Waals surface area contributed by atoms with Gasteiger partial charge in [0, 0.05) is 15.8 Å². The molecule has 1 aromatic carbocycles. The summed E-state index contributed by atoms with van der Waals surface area (Å²) in [7, 11) is 0. The van der Waals surface area contributed by atoms with E-state index in [1.165, 1.54) is 6.08 Å². The third-order valence-corrected chi connectivity index (χ3v) is 2.48. The molecule has 0 spiro atoms. The van der Waals surface area contributed by atoms with Crippen LogP contribution >= 0.6 is 12.2 Å². The zero-order chi connectivity index (χ0) is 13.0. The van der Waals surface area contributed by atoms with Gasteiger partial charge >= 0.3 is 0 Å². The summed E-state index contributed by atoms with van der Waals surface area (Å²) < 4.78 is 0.445. The number of azide groups is 1. The van der Waals surface area contributed by atoms with E-state index in [9.17, 15) is 4.79 Å². The Morgan fingerprint density at radius 1 is 1.50 bits per heavy atom. The van der Waals surface area contributed by atoms with E-state index >= 15 is 0 Å². The number of para-hydroxylation sites is 1. The number of hydrogen-bond donors (Lipinski definition) is 1. The number of aromatic amines is 1. The van der Waals surface area contributed by atoms with Gasteiger partial charge in [-0.1, -0.05) is 24.4 Å². The van der Waals surface area contributed by atoms with Crippen LogP contribution < -0.4 is 0 Å². The van der Waals surface area contributed by atoms with Gasteiger partial charge in [0.25, 0.3) is 0 Å². The van der Waals surface area contributed by atoms with Crippen LogP contribution in [-0.4, -0.2) is 15.9 Å². The number of benzene rings is 1. The quantitative estimate of drug-likeness (QED) is 0.294. The van der Waals surface area contributed by atoms with Gasteiger partial charge in [-0.05, 0) is 34.9 Å². The lowest BCUT2D eigenvalue weighted by molar-refractivity contribution is -0.113. The zero-order valence-corrected chi connectivity index (χ0v) is 9.89. The fraction of sp³-hybridized carbons (Fsp3) is 0. The fourth-order valence-corrected chi connectivity index (χ4v) is 1.70. The van der Waals surface area contributed by atoms with Crippen LogP contribution in [-0.2, 0) is 4.79 Å². The zero-order valence-electron chi connectivity index (χ0n) is 9.07. The van der Waals surface area contributed by atoms with Crippen molar-refractivity contribution in [3.63, 3.8) is 0 Å². The average molecular weight is 257 g/mol. The van der Waals surface area contributed by atoms with Gasteiger partial charge in [-0.2, -0.15) is 0 Å². The molecule has 1 aromatic heterocycles. The molecule has 0 atom stereocenters. The number of nitrogens with one attached hydrogen (secondary N) is 1. The molecule has 1 heterocycles. The number of amides is 1. The average Bonchev–Trinajstić information content (AvgIpc) is 2.37. The van der Waals surface area contributed by atoms with Crippen molar-refractivity contribution in [2.24, 2.45) is 5.11 Å². The van der Waals surface area contributed by atoms with E-state index in [4.69, 9.17) is 17.7 Å². The van der Waals surface area contributed by atoms with Crippen LogP contribution in [0.1, 0.15) is 5.82 Å². The highest BCUT2D eigenvalue weighted by molar-refractivity contribution is 7.71. The standard InChI is InChI=1S/C11H7N5OS/c12-16-15-10(17)6-5-9-13-8-4-2-1-3-7(8)11(18)14-9/h1-6H,(H,13,14,18)/b6-5+. The second-order valence-electron chi connectivity index (χ2n) is 3.33. The maximum atomic E-state index is 11.0. The van der Waals surface area contributed by atoms with Crippen LogP contribution in [0.5, 0.6) is 0 Å². The summed E-state index contributed by atoms with van der Waals surface area (Å²) in [6.07, 6.45) is 2.54. The molecule has 88 valence electrons. The van der Waals surface area contributed by atoms with Gasteiger partial charge in [0.05, 0.1) is 0 Å². The Hall–Kier alpha value is -2.50. The Morgan fingerprint density at radius 2 is 2.28 bits per heavy atom. The Kier molecular flexibility index (Phi) is 3.47. The number of nitrogens with zero attached hydrogens (tertiary/aromatic N) is 4. The SMILES string of the molecule is [N-]=[N+]=NC(=O)/C=C/c1nc(=S)c2ccccc2[nH]1. The molecule has 0 aliphatic carbocycles. The molecular formula is C11H7N5OS. The van der Waals surface area contributed by atoms with E-state index in [1.54, 1.807) is 0 Å². The van der Waals surface area contributed by atoms with Crippen molar-refractivity contribution < 1.29 is 4.79 Å². The maximum absolute atomic E-state index is 11.0. The predicted molar refractivity (Wildman–Crippen MR) is 70.1 cm³/mol. The highest BCUT2D eigenvalue weighted by atomic mass is 32.1. The lowest BCUT2D eigenvalue weighted by Gasteiger charge is -1.99. The molecular weight excluding hydrogens is 250 g/mol. The Bertz CT molecular complexity index is 742. The minimum absolute atomic E-state index is 0.431. The van der Waals surface area contributed by atoms with Gasteiger partial charge in [-0.25, -0.2) is 4.98 Å². The molecule has 0 bridgehead atoms. The highest BCUT2D eigenvalue weighted by Gasteiger charge is 1.98. The highest BCUT2D eigenvalue weighted by Crippen LogP contribution is 2.12. The molecule has 0 saturated heterocycles. The Labute approximate surface area is 107 Å². The van der Waals surface area contributed by atoms with Crippen molar-refractivity contribution in [3.8, 4) is 0 Å². The van der Waals surface area contributed by atoms with Crippen molar-refractivity contribution in [1.82, 2.24) is 9.97 Å². The molecule has 6 nitrogen and oxygen atoms in total. The van der Waals surface area contributed by atoms with Gasteiger partial charge in [0.2, 0.25) is 5.91 Å². The number of carbonyl (C=O) groups excluding carboxylic acids is 1. The normalized spacial score (nSPS) is 10.4. The van der Waals surface area contributed by atoms with E-state index in [1.807, 2.05) is 24.3 Å². The fourth-order valence-electron chi connectivity index (χ4n) is 1.42. The Morgan fingerprint density at radius 3 is 3.06 bits per heavy atom.